The van der Waals surface area contributed by atoms with Crippen LogP contribution in [0.5, 0.6) is 0 Å². The van der Waals surface area contributed by atoms with Crippen molar-refractivity contribution in [3.8, 4) is 0 Å². The first kappa shape index (κ1) is 67.4. The molecule has 6 nitrogen and oxygen atoms in total. The van der Waals surface area contributed by atoms with Crippen LogP contribution in [0.4, 0.5) is 0 Å². The zero-order valence-corrected chi connectivity index (χ0v) is 46.8. The molecule has 0 aromatic rings. The predicted octanol–water partition coefficient (Wildman–Crippen LogP) is 20.6. The molecule has 0 N–H and O–H groups in total. The lowest BCUT2D eigenvalue weighted by molar-refractivity contribution is -0.167. The van der Waals surface area contributed by atoms with Crippen LogP contribution in [0, 0.1) is 0 Å². The third kappa shape index (κ3) is 56.3. The molecular weight excluding hydrogens is 865 g/mol. The second-order valence-electron chi connectivity index (χ2n) is 20.6. The van der Waals surface area contributed by atoms with Crippen LogP contribution >= 0.6 is 0 Å². The van der Waals surface area contributed by atoms with Crippen molar-refractivity contribution in [3.63, 3.8) is 0 Å². The fourth-order valence-electron chi connectivity index (χ4n) is 8.92. The number of esters is 3. The van der Waals surface area contributed by atoms with Crippen molar-refractivity contribution in [3.05, 3.63) is 48.6 Å². The van der Waals surface area contributed by atoms with Crippen LogP contribution in [0.2, 0.25) is 0 Å². The molecule has 1 unspecified atom stereocenters. The van der Waals surface area contributed by atoms with E-state index in [0.29, 0.717) is 19.3 Å². The molecule has 0 aromatic carbocycles. The quantitative estimate of drug-likeness (QED) is 0.0261. The number of unbranched alkanes of at least 4 members (excludes halogenated alkanes) is 37. The summed E-state index contributed by atoms with van der Waals surface area (Å²) in [4.78, 5) is 37.8. The first-order chi connectivity index (χ1) is 34.5. The molecule has 1 atom stereocenters. The molecule has 70 heavy (non-hydrogen) atoms. The van der Waals surface area contributed by atoms with Crippen molar-refractivity contribution in [1.29, 1.82) is 0 Å². The van der Waals surface area contributed by atoms with Crippen LogP contribution in [0.15, 0.2) is 48.6 Å². The molecule has 0 saturated carbocycles. The molecule has 408 valence electrons. The number of carbonyl (C=O) groups is 3. The Morgan fingerprint density at radius 3 is 0.814 bits per heavy atom. The molecule has 0 aliphatic rings. The molecule has 0 radical (unpaired) electrons. The highest BCUT2D eigenvalue weighted by molar-refractivity contribution is 5.71. The molecule has 0 heterocycles. The molecular formula is C64H116O6. The first-order valence-electron chi connectivity index (χ1n) is 30.6. The minimum absolute atomic E-state index is 0.0729. The van der Waals surface area contributed by atoms with E-state index in [9.17, 15) is 14.4 Å². The second-order valence-corrected chi connectivity index (χ2v) is 20.6. The molecule has 0 aliphatic heterocycles. The number of hydrogen-bond acceptors (Lipinski definition) is 6. The Balaban J connectivity index is 4.00. The molecule has 0 bridgehead atoms. The summed E-state index contributed by atoms with van der Waals surface area (Å²) < 4.78 is 16.7. The van der Waals surface area contributed by atoms with E-state index in [1.807, 2.05) is 0 Å². The largest absolute Gasteiger partial charge is 0.462 e. The van der Waals surface area contributed by atoms with Crippen molar-refractivity contribution in [2.45, 2.75) is 329 Å². The van der Waals surface area contributed by atoms with Crippen molar-refractivity contribution in [2.24, 2.45) is 0 Å². The van der Waals surface area contributed by atoms with E-state index >= 15 is 0 Å². The SMILES string of the molecule is CCCCCCC/C=C\C/C=C\C/C=C\CCCCCCCCCCCCCCCCC(=O)OCC(COC(=O)CCCCCCC)OC(=O)CCCCCCCCC/C=C\CCCCCCCCC. The van der Waals surface area contributed by atoms with Crippen molar-refractivity contribution >= 4 is 17.9 Å². The highest BCUT2D eigenvalue weighted by Gasteiger charge is 2.19. The monoisotopic (exact) mass is 981 g/mol. The van der Waals surface area contributed by atoms with Gasteiger partial charge in [-0.05, 0) is 83.5 Å². The standard InChI is InChI=1S/C64H116O6/c1-4-7-10-13-15-17-19-21-23-25-27-28-29-30-31-32-33-34-35-36-37-39-40-42-44-46-48-51-54-57-63(66)69-60-61(59-68-62(65)56-53-50-12-9-6-3)70-64(67)58-55-52-49-47-45-43-41-38-26-24-22-20-18-16-14-11-8-5-2/h19,21,24-27,29-30,61H,4-18,20,22-23,28,31-60H2,1-3H3/b21-19-,26-24-,27-25-,30-29-. The van der Waals surface area contributed by atoms with E-state index in [-0.39, 0.29) is 31.1 Å². The third-order valence-electron chi connectivity index (χ3n) is 13.6. The molecule has 0 rings (SSSR count). The normalized spacial score (nSPS) is 12.3. The van der Waals surface area contributed by atoms with Crippen molar-refractivity contribution < 1.29 is 28.6 Å². The van der Waals surface area contributed by atoms with Gasteiger partial charge >= 0.3 is 17.9 Å². The van der Waals surface area contributed by atoms with Crippen molar-refractivity contribution in [2.75, 3.05) is 13.2 Å². The van der Waals surface area contributed by atoms with E-state index in [0.717, 1.165) is 77.0 Å². The number of rotatable bonds is 56. The molecule has 0 spiro atoms. The van der Waals surface area contributed by atoms with E-state index in [4.69, 9.17) is 14.2 Å². The van der Waals surface area contributed by atoms with Gasteiger partial charge < -0.3 is 14.2 Å². The molecule has 0 amide bonds. The smallest absolute Gasteiger partial charge is 0.306 e. The Labute approximate surface area is 435 Å². The van der Waals surface area contributed by atoms with Gasteiger partial charge in [-0.1, -0.05) is 268 Å². The topological polar surface area (TPSA) is 78.9 Å². The first-order valence-corrected chi connectivity index (χ1v) is 30.6. The Morgan fingerprint density at radius 2 is 0.514 bits per heavy atom. The van der Waals surface area contributed by atoms with E-state index in [1.54, 1.807) is 0 Å². The Bertz CT molecular complexity index is 1220. The average molecular weight is 982 g/mol. The third-order valence-corrected chi connectivity index (χ3v) is 13.6. The summed E-state index contributed by atoms with van der Waals surface area (Å²) >= 11 is 0. The maximum Gasteiger partial charge on any atom is 0.306 e. The van der Waals surface area contributed by atoms with Gasteiger partial charge in [-0.25, -0.2) is 0 Å². The molecule has 0 aliphatic carbocycles. The summed E-state index contributed by atoms with van der Waals surface area (Å²) in [5.74, 6) is -0.878. The highest BCUT2D eigenvalue weighted by atomic mass is 16.6. The summed E-state index contributed by atoms with van der Waals surface area (Å²) in [5, 5.41) is 0. The van der Waals surface area contributed by atoms with Gasteiger partial charge in [0.05, 0.1) is 0 Å². The second kappa shape index (κ2) is 58.9. The highest BCUT2D eigenvalue weighted by Crippen LogP contribution is 2.16. The predicted molar refractivity (Wildman–Crippen MR) is 302 cm³/mol. The maximum atomic E-state index is 12.8. The molecule has 0 fully saturated rings. The van der Waals surface area contributed by atoms with Crippen LogP contribution in [-0.4, -0.2) is 37.2 Å². The fourth-order valence-corrected chi connectivity index (χ4v) is 8.92. The maximum absolute atomic E-state index is 12.8. The summed E-state index contributed by atoms with van der Waals surface area (Å²) in [7, 11) is 0. The number of ether oxygens (including phenoxy) is 3. The average Bonchev–Trinajstić information content (AvgIpc) is 3.36. The lowest BCUT2D eigenvalue weighted by atomic mass is 10.0. The number of hydrogen-bond donors (Lipinski definition) is 0. The van der Waals surface area contributed by atoms with Gasteiger partial charge in [-0.15, -0.1) is 0 Å². The number of carbonyl (C=O) groups excluding carboxylic acids is 3. The summed E-state index contributed by atoms with van der Waals surface area (Å²) in [6.45, 7) is 6.57. The van der Waals surface area contributed by atoms with Crippen LogP contribution in [0.1, 0.15) is 323 Å². The van der Waals surface area contributed by atoms with Crippen LogP contribution in [0.25, 0.3) is 0 Å². The zero-order valence-electron chi connectivity index (χ0n) is 46.8. The van der Waals surface area contributed by atoms with Gasteiger partial charge in [0.1, 0.15) is 13.2 Å². The van der Waals surface area contributed by atoms with Crippen LogP contribution in [-0.2, 0) is 28.6 Å². The molecule has 0 aromatic heterocycles. The minimum Gasteiger partial charge on any atom is -0.462 e. The van der Waals surface area contributed by atoms with E-state index in [1.165, 1.54) is 205 Å². The van der Waals surface area contributed by atoms with Gasteiger partial charge in [0, 0.05) is 19.3 Å². The summed E-state index contributed by atoms with van der Waals surface area (Å²) in [6.07, 6.45) is 73.1. The Morgan fingerprint density at radius 1 is 0.286 bits per heavy atom. The van der Waals surface area contributed by atoms with Gasteiger partial charge in [0.25, 0.3) is 0 Å². The lowest BCUT2D eigenvalue weighted by Crippen LogP contribution is -2.30. The van der Waals surface area contributed by atoms with Crippen LogP contribution < -0.4 is 0 Å². The Hall–Kier alpha value is -2.63. The summed E-state index contributed by atoms with van der Waals surface area (Å²) in [6, 6.07) is 0. The van der Waals surface area contributed by atoms with E-state index in [2.05, 4.69) is 69.4 Å². The molecule has 6 heteroatoms. The van der Waals surface area contributed by atoms with Crippen molar-refractivity contribution in [1.82, 2.24) is 0 Å². The van der Waals surface area contributed by atoms with E-state index < -0.39 is 6.10 Å². The van der Waals surface area contributed by atoms with Crippen LogP contribution in [0.3, 0.4) is 0 Å². The summed E-state index contributed by atoms with van der Waals surface area (Å²) in [5.41, 5.74) is 0. The fraction of sp³-hybridized carbons (Fsp3) is 0.828. The lowest BCUT2D eigenvalue weighted by Gasteiger charge is -2.18. The van der Waals surface area contributed by atoms with Gasteiger partial charge in [0.2, 0.25) is 0 Å². The van der Waals surface area contributed by atoms with Gasteiger partial charge in [0.15, 0.2) is 6.10 Å². The van der Waals surface area contributed by atoms with Gasteiger partial charge in [-0.3, -0.25) is 14.4 Å². The zero-order chi connectivity index (χ0) is 50.7. The minimum atomic E-state index is -0.770. The van der Waals surface area contributed by atoms with Gasteiger partial charge in [-0.2, -0.15) is 0 Å². The number of allylic oxidation sites excluding steroid dienone is 8. The molecule has 0 saturated heterocycles. The Kier molecular flexibility index (Phi) is 56.7.